The monoisotopic (exact) mass is 368 g/mol. The molecule has 0 radical (unpaired) electrons. The van der Waals surface area contributed by atoms with Gasteiger partial charge in [-0.1, -0.05) is 32.1 Å². The summed E-state index contributed by atoms with van der Waals surface area (Å²) < 4.78 is 0. The highest BCUT2D eigenvalue weighted by molar-refractivity contribution is 5.91. The van der Waals surface area contributed by atoms with E-state index >= 15 is 0 Å². The summed E-state index contributed by atoms with van der Waals surface area (Å²) in [5.74, 6) is 1.25. The summed E-state index contributed by atoms with van der Waals surface area (Å²) in [6, 6.07) is 5.89. The van der Waals surface area contributed by atoms with Gasteiger partial charge in [0, 0.05) is 19.8 Å². The predicted octanol–water partition coefficient (Wildman–Crippen LogP) is 4.41. The van der Waals surface area contributed by atoms with Crippen molar-refractivity contribution in [2.24, 2.45) is 15.9 Å². The van der Waals surface area contributed by atoms with Gasteiger partial charge in [-0.05, 0) is 61.9 Å². The van der Waals surface area contributed by atoms with Gasteiger partial charge in [-0.15, -0.1) is 0 Å². The Hall–Kier alpha value is -2.69. The summed E-state index contributed by atoms with van der Waals surface area (Å²) in [6.07, 6.45) is 10.7. The minimum absolute atomic E-state index is 0.449. The van der Waals surface area contributed by atoms with E-state index in [2.05, 4.69) is 46.6 Å². The van der Waals surface area contributed by atoms with Crippen LogP contribution >= 0.6 is 0 Å². The van der Waals surface area contributed by atoms with Gasteiger partial charge < -0.3 is 10.6 Å². The minimum atomic E-state index is 0.449. The number of nitrogens with zero attached hydrogens (tertiary/aromatic N) is 2. The van der Waals surface area contributed by atoms with Crippen LogP contribution in [0, 0.1) is 12.8 Å². The van der Waals surface area contributed by atoms with Crippen LogP contribution in [-0.4, -0.2) is 32.1 Å². The van der Waals surface area contributed by atoms with E-state index in [1.165, 1.54) is 0 Å². The molecule has 0 amide bonds. The van der Waals surface area contributed by atoms with Crippen molar-refractivity contribution in [1.29, 1.82) is 0 Å². The lowest BCUT2D eigenvalue weighted by Gasteiger charge is -2.11. The van der Waals surface area contributed by atoms with E-state index in [0.717, 1.165) is 42.5 Å². The van der Waals surface area contributed by atoms with Gasteiger partial charge in [0.05, 0.1) is 11.4 Å². The molecular formula is C22H32N4O. The van der Waals surface area contributed by atoms with Gasteiger partial charge in [0.1, 0.15) is 0 Å². The maximum atomic E-state index is 11.4. The van der Waals surface area contributed by atoms with E-state index in [1.807, 2.05) is 32.0 Å². The largest absolute Gasteiger partial charge is 0.356 e. The van der Waals surface area contributed by atoms with Gasteiger partial charge in [0.15, 0.2) is 12.2 Å². The number of aryl methyl sites for hydroxylation is 1. The zero-order valence-electron chi connectivity index (χ0n) is 17.1. The maximum absolute atomic E-state index is 11.4. The van der Waals surface area contributed by atoms with Crippen LogP contribution in [0.15, 0.2) is 46.0 Å². The van der Waals surface area contributed by atoms with Crippen molar-refractivity contribution in [3.63, 3.8) is 0 Å². The van der Waals surface area contributed by atoms with E-state index in [-0.39, 0.29) is 0 Å². The molecule has 0 aliphatic heterocycles. The van der Waals surface area contributed by atoms with E-state index < -0.39 is 0 Å². The molecule has 0 aliphatic carbocycles. The zero-order chi connectivity index (χ0) is 20.1. The number of guanidine groups is 1. The zero-order valence-corrected chi connectivity index (χ0v) is 17.1. The smallest absolute Gasteiger partial charge is 0.195 e. The molecule has 0 atom stereocenters. The topological polar surface area (TPSA) is 65.8 Å². The van der Waals surface area contributed by atoms with Crippen LogP contribution in [0.25, 0.3) is 6.08 Å². The van der Waals surface area contributed by atoms with Crippen LogP contribution in [0.3, 0.4) is 0 Å². The lowest BCUT2D eigenvalue weighted by molar-refractivity contribution is -0.105. The Morgan fingerprint density at radius 2 is 2.04 bits per heavy atom. The summed E-state index contributed by atoms with van der Waals surface area (Å²) >= 11 is 0. The number of hydrogen-bond acceptors (Lipinski definition) is 3. The molecule has 0 bridgehead atoms. The highest BCUT2D eigenvalue weighted by atomic mass is 16.1. The molecule has 1 aromatic rings. The fourth-order valence-electron chi connectivity index (χ4n) is 2.41. The molecular weight excluding hydrogens is 336 g/mol. The van der Waals surface area contributed by atoms with Crippen LogP contribution in [-0.2, 0) is 4.79 Å². The summed E-state index contributed by atoms with van der Waals surface area (Å²) in [5, 5.41) is 6.26. The fraction of sp³-hybridized carbons (Fsp3) is 0.409. The van der Waals surface area contributed by atoms with Crippen molar-refractivity contribution < 1.29 is 4.79 Å². The number of rotatable bonds is 9. The normalized spacial score (nSPS) is 13.0. The molecule has 2 N–H and O–H groups in total. The summed E-state index contributed by atoms with van der Waals surface area (Å²) in [4.78, 5) is 19.9. The number of nitrogens with one attached hydrogen (secondary N) is 2. The summed E-state index contributed by atoms with van der Waals surface area (Å²) in [6.45, 7) is 9.05. The first-order chi connectivity index (χ1) is 13.0. The van der Waals surface area contributed by atoms with E-state index in [4.69, 9.17) is 0 Å². The molecule has 0 saturated heterocycles. The van der Waals surface area contributed by atoms with Crippen LogP contribution in [0.1, 0.15) is 44.7 Å². The quantitative estimate of drug-likeness (QED) is 0.169. The molecule has 0 fully saturated rings. The van der Waals surface area contributed by atoms with E-state index in [1.54, 1.807) is 19.3 Å². The Kier molecular flexibility index (Phi) is 10.5. The summed E-state index contributed by atoms with van der Waals surface area (Å²) in [7, 11) is 1.69. The molecule has 146 valence electrons. The molecule has 0 aliphatic rings. The average molecular weight is 369 g/mol. The van der Waals surface area contributed by atoms with Crippen molar-refractivity contribution in [3.8, 4) is 0 Å². The molecule has 0 unspecified atom stereocenters. The second-order valence-electron chi connectivity index (χ2n) is 6.66. The van der Waals surface area contributed by atoms with Crippen LogP contribution in [0.4, 0.5) is 5.69 Å². The second kappa shape index (κ2) is 12.6. The number of aliphatic imine (C=N–C) groups is 2. The lowest BCUT2D eigenvalue weighted by atomic mass is 10.1. The molecule has 0 spiro atoms. The van der Waals surface area contributed by atoms with E-state index in [0.29, 0.717) is 17.6 Å². The Labute approximate surface area is 163 Å². The van der Waals surface area contributed by atoms with Crippen molar-refractivity contribution in [3.05, 3.63) is 47.2 Å². The Morgan fingerprint density at radius 3 is 2.63 bits per heavy atom. The lowest BCUT2D eigenvalue weighted by Crippen LogP contribution is -2.37. The van der Waals surface area contributed by atoms with Crippen molar-refractivity contribution >= 4 is 30.2 Å². The molecule has 1 rings (SSSR count). The van der Waals surface area contributed by atoms with Gasteiger partial charge in [-0.3, -0.25) is 14.8 Å². The molecule has 0 saturated carbocycles. The fourth-order valence-corrected chi connectivity index (χ4v) is 2.41. The third-order valence-electron chi connectivity index (χ3n) is 3.80. The standard InChI is InChI=1S/C22H32N4O/c1-6-24-21-12-11-19(14-18(21)4)15-20(16-27)26-22(23-5)25-13-9-7-8-10-17(2)3/h6-8,11-12,14-17H,9-10,13H2,1-5H3,(H2,23,25,26)/b8-7+,20-15-,24-6?. The predicted molar refractivity (Wildman–Crippen MR) is 117 cm³/mol. The average Bonchev–Trinajstić information content (AvgIpc) is 2.64. The van der Waals surface area contributed by atoms with Gasteiger partial charge in [0.25, 0.3) is 0 Å². The van der Waals surface area contributed by atoms with Crippen LogP contribution in [0.5, 0.6) is 0 Å². The van der Waals surface area contributed by atoms with Gasteiger partial charge in [-0.25, -0.2) is 0 Å². The third-order valence-corrected chi connectivity index (χ3v) is 3.80. The molecule has 0 aromatic heterocycles. The van der Waals surface area contributed by atoms with E-state index in [9.17, 15) is 4.79 Å². The number of carbonyl (C=O) groups is 1. The maximum Gasteiger partial charge on any atom is 0.195 e. The van der Waals surface area contributed by atoms with Gasteiger partial charge in [-0.2, -0.15) is 0 Å². The SMILES string of the molecule is CC=Nc1ccc(/C=C(/C=O)NC(=NC)NCC/C=C/CC(C)C)cc1C. The molecule has 0 heterocycles. The van der Waals surface area contributed by atoms with Gasteiger partial charge >= 0.3 is 0 Å². The third kappa shape index (κ3) is 8.99. The van der Waals surface area contributed by atoms with Crippen molar-refractivity contribution in [2.45, 2.75) is 40.5 Å². The minimum Gasteiger partial charge on any atom is -0.356 e. The van der Waals surface area contributed by atoms with Crippen molar-refractivity contribution in [1.82, 2.24) is 10.6 Å². The highest BCUT2D eigenvalue weighted by Crippen LogP contribution is 2.20. The van der Waals surface area contributed by atoms with Crippen molar-refractivity contribution in [2.75, 3.05) is 13.6 Å². The molecule has 5 nitrogen and oxygen atoms in total. The number of allylic oxidation sites excluding steroid dienone is 2. The van der Waals surface area contributed by atoms with Crippen LogP contribution < -0.4 is 10.6 Å². The number of carbonyl (C=O) groups excluding carboxylic acids is 1. The van der Waals surface area contributed by atoms with Gasteiger partial charge in [0.2, 0.25) is 0 Å². The Balaban J connectivity index is 2.66. The number of aldehydes is 1. The molecule has 1 aromatic carbocycles. The molecule has 27 heavy (non-hydrogen) atoms. The Bertz CT molecular complexity index is 715. The molecule has 5 heteroatoms. The second-order valence-corrected chi connectivity index (χ2v) is 6.66. The number of hydrogen-bond donors (Lipinski definition) is 2. The highest BCUT2D eigenvalue weighted by Gasteiger charge is 2.03. The summed E-state index contributed by atoms with van der Waals surface area (Å²) in [5.41, 5.74) is 3.37. The first-order valence-corrected chi connectivity index (χ1v) is 9.39. The first-order valence-electron chi connectivity index (χ1n) is 9.39. The Morgan fingerprint density at radius 1 is 1.26 bits per heavy atom. The van der Waals surface area contributed by atoms with Crippen LogP contribution in [0.2, 0.25) is 0 Å². The first kappa shape index (κ1) is 22.4. The number of benzene rings is 1.